The Hall–Kier alpha value is -1.92. The Bertz CT molecular complexity index is 638. The topological polar surface area (TPSA) is 59.1 Å². The Balaban J connectivity index is 1.83. The van der Waals surface area contributed by atoms with E-state index < -0.39 is 0 Å². The summed E-state index contributed by atoms with van der Waals surface area (Å²) in [5, 5.41) is 0. The second kappa shape index (κ2) is 7.54. The third kappa shape index (κ3) is 3.41. The van der Waals surface area contributed by atoms with Crippen molar-refractivity contribution in [3.63, 3.8) is 0 Å². The molecular formula is C19H26N2O4. The zero-order valence-electron chi connectivity index (χ0n) is 15.0. The molecule has 2 heterocycles. The number of methoxy groups -OCH3 is 2. The number of nitrogens with zero attached hydrogens (tertiary/aromatic N) is 2. The molecule has 0 unspecified atom stereocenters. The SMILES string of the molecule is COCCN1C(=O)CC2(CCN(C(=O)COC)CC2)c2ccccc21. The van der Waals surface area contributed by atoms with E-state index in [1.54, 1.807) is 7.11 Å². The fraction of sp³-hybridized carbons (Fsp3) is 0.579. The third-order valence-corrected chi connectivity index (χ3v) is 5.42. The maximum atomic E-state index is 12.8. The van der Waals surface area contributed by atoms with Gasteiger partial charge in [0.05, 0.1) is 6.61 Å². The summed E-state index contributed by atoms with van der Waals surface area (Å²) < 4.78 is 10.1. The van der Waals surface area contributed by atoms with Crippen LogP contribution < -0.4 is 4.90 Å². The van der Waals surface area contributed by atoms with Crippen LogP contribution in [-0.4, -0.2) is 63.8 Å². The number of hydrogen-bond acceptors (Lipinski definition) is 4. The van der Waals surface area contributed by atoms with E-state index in [0.29, 0.717) is 32.7 Å². The fourth-order valence-corrected chi connectivity index (χ4v) is 4.04. The smallest absolute Gasteiger partial charge is 0.248 e. The first-order valence-electron chi connectivity index (χ1n) is 8.77. The predicted molar refractivity (Wildman–Crippen MR) is 94.7 cm³/mol. The summed E-state index contributed by atoms with van der Waals surface area (Å²) in [6, 6.07) is 8.16. The quantitative estimate of drug-likeness (QED) is 0.812. The zero-order valence-corrected chi connectivity index (χ0v) is 15.0. The number of fused-ring (bicyclic) bond motifs is 2. The molecular weight excluding hydrogens is 320 g/mol. The van der Waals surface area contributed by atoms with E-state index in [2.05, 4.69) is 6.07 Å². The van der Waals surface area contributed by atoms with Crippen LogP contribution in [0.15, 0.2) is 24.3 Å². The first-order valence-corrected chi connectivity index (χ1v) is 8.77. The molecule has 2 aliphatic heterocycles. The number of hydrogen-bond donors (Lipinski definition) is 0. The number of para-hydroxylation sites is 1. The predicted octanol–water partition coefficient (Wildman–Crippen LogP) is 1.58. The van der Waals surface area contributed by atoms with Gasteiger partial charge >= 0.3 is 0 Å². The van der Waals surface area contributed by atoms with Crippen molar-refractivity contribution >= 4 is 17.5 Å². The molecule has 2 amide bonds. The highest BCUT2D eigenvalue weighted by Crippen LogP contribution is 2.46. The highest BCUT2D eigenvalue weighted by atomic mass is 16.5. The molecule has 1 spiro atoms. The van der Waals surface area contributed by atoms with Crippen LogP contribution in [0.25, 0.3) is 0 Å². The molecule has 3 rings (SSSR count). The van der Waals surface area contributed by atoms with Gasteiger partial charge in [0.15, 0.2) is 0 Å². The third-order valence-electron chi connectivity index (χ3n) is 5.42. The second-order valence-corrected chi connectivity index (χ2v) is 6.83. The summed E-state index contributed by atoms with van der Waals surface area (Å²) >= 11 is 0. The van der Waals surface area contributed by atoms with E-state index >= 15 is 0 Å². The van der Waals surface area contributed by atoms with Crippen LogP contribution in [0.1, 0.15) is 24.8 Å². The number of likely N-dealkylation sites (tertiary alicyclic amines) is 1. The average molecular weight is 346 g/mol. The largest absolute Gasteiger partial charge is 0.383 e. The lowest BCUT2D eigenvalue weighted by Gasteiger charge is -2.47. The lowest BCUT2D eigenvalue weighted by Crippen LogP contribution is -2.52. The monoisotopic (exact) mass is 346 g/mol. The van der Waals surface area contributed by atoms with Gasteiger partial charge in [0.1, 0.15) is 6.61 Å². The van der Waals surface area contributed by atoms with E-state index in [1.165, 1.54) is 12.7 Å². The summed E-state index contributed by atoms with van der Waals surface area (Å²) in [4.78, 5) is 28.6. The number of rotatable bonds is 5. The number of anilines is 1. The number of amides is 2. The van der Waals surface area contributed by atoms with Gasteiger partial charge in [-0.25, -0.2) is 0 Å². The van der Waals surface area contributed by atoms with Gasteiger partial charge in [-0.05, 0) is 24.5 Å². The molecule has 6 nitrogen and oxygen atoms in total. The molecule has 2 aliphatic rings. The van der Waals surface area contributed by atoms with Gasteiger partial charge in [-0.3, -0.25) is 9.59 Å². The average Bonchev–Trinajstić information content (AvgIpc) is 2.62. The van der Waals surface area contributed by atoms with Gasteiger partial charge < -0.3 is 19.3 Å². The van der Waals surface area contributed by atoms with E-state index in [1.807, 2.05) is 28.0 Å². The van der Waals surface area contributed by atoms with Gasteiger partial charge in [0.2, 0.25) is 11.8 Å². The van der Waals surface area contributed by atoms with Crippen LogP contribution >= 0.6 is 0 Å². The summed E-state index contributed by atoms with van der Waals surface area (Å²) in [6.07, 6.45) is 2.12. The van der Waals surface area contributed by atoms with E-state index in [4.69, 9.17) is 9.47 Å². The van der Waals surface area contributed by atoms with Crippen LogP contribution in [0.3, 0.4) is 0 Å². The first-order chi connectivity index (χ1) is 12.1. The van der Waals surface area contributed by atoms with Crippen molar-refractivity contribution in [1.82, 2.24) is 4.90 Å². The molecule has 136 valence electrons. The molecule has 0 bridgehead atoms. The summed E-state index contributed by atoms with van der Waals surface area (Å²) in [5.74, 6) is 0.168. The van der Waals surface area contributed by atoms with Gasteiger partial charge in [-0.15, -0.1) is 0 Å². The molecule has 0 atom stereocenters. The Labute approximate surface area is 148 Å². The summed E-state index contributed by atoms with van der Waals surface area (Å²) in [6.45, 7) is 2.55. The highest BCUT2D eigenvalue weighted by molar-refractivity contribution is 5.98. The van der Waals surface area contributed by atoms with Crippen LogP contribution in [0.5, 0.6) is 0 Å². The lowest BCUT2D eigenvalue weighted by atomic mass is 9.67. The normalized spacial score (nSPS) is 19.2. The van der Waals surface area contributed by atoms with Crippen LogP contribution in [0, 0.1) is 0 Å². The van der Waals surface area contributed by atoms with E-state index in [-0.39, 0.29) is 23.8 Å². The maximum Gasteiger partial charge on any atom is 0.248 e. The Kier molecular flexibility index (Phi) is 5.39. The van der Waals surface area contributed by atoms with Crippen molar-refractivity contribution in [2.75, 3.05) is 52.0 Å². The van der Waals surface area contributed by atoms with Crippen molar-refractivity contribution in [3.05, 3.63) is 29.8 Å². The van der Waals surface area contributed by atoms with Gasteiger partial charge in [0, 0.05) is 51.4 Å². The molecule has 0 N–H and O–H groups in total. The number of benzene rings is 1. The Morgan fingerprint density at radius 3 is 2.56 bits per heavy atom. The van der Waals surface area contributed by atoms with Crippen LogP contribution in [0.2, 0.25) is 0 Å². The number of piperidine rings is 1. The summed E-state index contributed by atoms with van der Waals surface area (Å²) in [5.41, 5.74) is 2.05. The first kappa shape index (κ1) is 17.9. The number of carbonyl (C=O) groups excluding carboxylic acids is 2. The molecule has 0 aliphatic carbocycles. The molecule has 0 aromatic heterocycles. The van der Waals surface area contributed by atoms with Gasteiger partial charge in [-0.2, -0.15) is 0 Å². The Morgan fingerprint density at radius 1 is 1.16 bits per heavy atom. The minimum absolute atomic E-state index is 0.0227. The zero-order chi connectivity index (χ0) is 17.9. The molecule has 1 saturated heterocycles. The standard InChI is InChI=1S/C19H26N2O4/c1-24-12-11-21-16-6-4-3-5-15(16)19(13-17(21)22)7-9-20(10-8-19)18(23)14-25-2/h3-6H,7-14H2,1-2H3. The van der Waals surface area contributed by atoms with Gasteiger partial charge in [-0.1, -0.05) is 18.2 Å². The lowest BCUT2D eigenvalue weighted by molar-refractivity contribution is -0.137. The molecule has 0 saturated carbocycles. The van der Waals surface area contributed by atoms with Gasteiger partial charge in [0.25, 0.3) is 0 Å². The number of ether oxygens (including phenoxy) is 2. The van der Waals surface area contributed by atoms with Crippen molar-refractivity contribution in [2.24, 2.45) is 0 Å². The highest BCUT2D eigenvalue weighted by Gasteiger charge is 2.45. The van der Waals surface area contributed by atoms with Crippen molar-refractivity contribution in [2.45, 2.75) is 24.7 Å². The molecule has 0 radical (unpaired) electrons. The van der Waals surface area contributed by atoms with Crippen LogP contribution in [0.4, 0.5) is 5.69 Å². The minimum atomic E-state index is -0.166. The molecule has 1 aromatic carbocycles. The molecule has 25 heavy (non-hydrogen) atoms. The fourth-order valence-electron chi connectivity index (χ4n) is 4.04. The van der Waals surface area contributed by atoms with Crippen molar-refractivity contribution in [1.29, 1.82) is 0 Å². The van der Waals surface area contributed by atoms with Crippen LogP contribution in [-0.2, 0) is 24.5 Å². The number of carbonyl (C=O) groups is 2. The van der Waals surface area contributed by atoms with E-state index in [0.717, 1.165) is 18.5 Å². The van der Waals surface area contributed by atoms with Crippen molar-refractivity contribution in [3.8, 4) is 0 Å². The molecule has 1 fully saturated rings. The molecule has 1 aromatic rings. The summed E-state index contributed by atoms with van der Waals surface area (Å²) in [7, 11) is 3.18. The second-order valence-electron chi connectivity index (χ2n) is 6.83. The maximum absolute atomic E-state index is 12.8. The molecule has 6 heteroatoms. The minimum Gasteiger partial charge on any atom is -0.383 e. The van der Waals surface area contributed by atoms with E-state index in [9.17, 15) is 9.59 Å². The van der Waals surface area contributed by atoms with Crippen molar-refractivity contribution < 1.29 is 19.1 Å². The Morgan fingerprint density at radius 2 is 1.88 bits per heavy atom.